The number of esters is 1. The number of nitrogens with one attached hydrogen (secondary N) is 1. The van der Waals surface area contributed by atoms with Crippen molar-refractivity contribution in [2.24, 2.45) is 0 Å². The lowest BCUT2D eigenvalue weighted by Gasteiger charge is -2.35. The summed E-state index contributed by atoms with van der Waals surface area (Å²) in [6.07, 6.45) is 2.57. The smallest absolute Gasteiger partial charge is 0.328 e. The molecule has 164 valence electrons. The van der Waals surface area contributed by atoms with Crippen LogP contribution in [0, 0.1) is 0 Å². The summed E-state index contributed by atoms with van der Waals surface area (Å²) < 4.78 is 31.2. The lowest BCUT2D eigenvalue weighted by atomic mass is 9.96. The second kappa shape index (κ2) is 7.66. The summed E-state index contributed by atoms with van der Waals surface area (Å²) in [5.74, 6) is -3.03. The number of fused-ring (bicyclic) bond motifs is 1. The molecule has 0 saturated carbocycles. The number of rotatable bonds is 8. The van der Waals surface area contributed by atoms with Crippen LogP contribution in [0.2, 0.25) is 0 Å². The first-order chi connectivity index (χ1) is 14.0. The van der Waals surface area contributed by atoms with Crippen LogP contribution in [0.5, 0.6) is 0 Å². The van der Waals surface area contributed by atoms with E-state index in [0.29, 0.717) is 0 Å². The number of aliphatic carboxylic acids is 1. The van der Waals surface area contributed by atoms with Crippen molar-refractivity contribution < 1.29 is 42.1 Å². The zero-order valence-electron chi connectivity index (χ0n) is 16.3. The molecule has 2 saturated heterocycles. The van der Waals surface area contributed by atoms with Crippen LogP contribution >= 0.6 is 0 Å². The van der Waals surface area contributed by atoms with E-state index in [2.05, 4.69) is 10.5 Å². The summed E-state index contributed by atoms with van der Waals surface area (Å²) in [7, 11) is -3.97. The molecule has 0 bridgehead atoms. The van der Waals surface area contributed by atoms with Gasteiger partial charge in [0.05, 0.1) is 18.2 Å². The Bertz CT molecular complexity index is 1010. The highest BCUT2D eigenvalue weighted by Gasteiger charge is 2.71. The van der Waals surface area contributed by atoms with Gasteiger partial charge in [0, 0.05) is 0 Å². The zero-order chi connectivity index (χ0) is 22.3. The van der Waals surface area contributed by atoms with E-state index in [-0.39, 0.29) is 32.7 Å². The van der Waals surface area contributed by atoms with Gasteiger partial charge in [0.25, 0.3) is 5.91 Å². The molecule has 2 fully saturated rings. The molecule has 30 heavy (non-hydrogen) atoms. The Balaban J connectivity index is 1.71. The maximum absolute atomic E-state index is 12.9. The minimum absolute atomic E-state index is 0.191. The Hall–Kier alpha value is -3.03. The van der Waals surface area contributed by atoms with Gasteiger partial charge in [-0.15, -0.1) is 9.36 Å². The molecule has 2 aliphatic heterocycles. The van der Waals surface area contributed by atoms with Crippen molar-refractivity contribution in [3.05, 3.63) is 12.4 Å². The van der Waals surface area contributed by atoms with Crippen LogP contribution < -0.4 is 10.00 Å². The number of hydrogen-bond acceptors (Lipinski definition) is 8. The number of nitrogens with zero attached hydrogens (tertiary/aromatic N) is 4. The number of carbonyl (C=O) groups excluding carboxylic acids is 3. The first-order valence-electron chi connectivity index (χ1n) is 9.14. The van der Waals surface area contributed by atoms with Crippen molar-refractivity contribution in [2.75, 3.05) is 13.2 Å². The van der Waals surface area contributed by atoms with Gasteiger partial charge in [-0.1, -0.05) is 0 Å². The monoisotopic (exact) mass is 444 g/mol. The number of carbonyl (C=O) groups is 4. The molecule has 2 aliphatic rings. The number of carboxylic acids is 1. The normalized spacial score (nSPS) is 26.6. The number of ether oxygens (including phenoxy) is 1. The SMILES string of the molecule is CCOC(=O)CNC(=O)C[n+]1ccn(C[C@@]2(C)[C@H](C(=O)O)N3C(=O)C[C@H]3S2(=O)=O)n1. The van der Waals surface area contributed by atoms with Crippen molar-refractivity contribution in [3.8, 4) is 0 Å². The molecular formula is C16H22N5O8S+. The first kappa shape index (κ1) is 21.7. The van der Waals surface area contributed by atoms with E-state index in [1.54, 1.807) is 6.92 Å². The molecule has 1 aromatic heterocycles. The van der Waals surface area contributed by atoms with E-state index in [1.807, 2.05) is 0 Å². The minimum atomic E-state index is -3.97. The second-order valence-corrected chi connectivity index (χ2v) is 9.79. The third-order valence-electron chi connectivity index (χ3n) is 5.20. The topological polar surface area (TPSA) is 169 Å². The molecule has 2 N–H and O–H groups in total. The van der Waals surface area contributed by atoms with Crippen molar-refractivity contribution in [3.63, 3.8) is 0 Å². The minimum Gasteiger partial charge on any atom is -0.480 e. The van der Waals surface area contributed by atoms with Crippen LogP contribution in [-0.4, -0.2) is 81.4 Å². The summed E-state index contributed by atoms with van der Waals surface area (Å²) in [4.78, 5) is 47.7. The van der Waals surface area contributed by atoms with E-state index in [0.717, 1.165) is 4.90 Å². The van der Waals surface area contributed by atoms with Crippen LogP contribution in [0.1, 0.15) is 20.3 Å². The van der Waals surface area contributed by atoms with Crippen LogP contribution in [0.3, 0.4) is 0 Å². The Labute approximate surface area is 171 Å². The Kier molecular flexibility index (Phi) is 5.54. The van der Waals surface area contributed by atoms with Gasteiger partial charge in [-0.25, -0.2) is 13.2 Å². The lowest BCUT2D eigenvalue weighted by molar-refractivity contribution is -0.743. The first-order valence-corrected chi connectivity index (χ1v) is 10.7. The second-order valence-electron chi connectivity index (χ2n) is 7.22. The van der Waals surface area contributed by atoms with Crippen LogP contribution in [0.15, 0.2) is 12.4 Å². The molecule has 3 heterocycles. The van der Waals surface area contributed by atoms with E-state index in [4.69, 9.17) is 4.74 Å². The van der Waals surface area contributed by atoms with Crippen molar-refractivity contribution in [2.45, 2.75) is 49.5 Å². The Morgan fingerprint density at radius 1 is 1.43 bits per heavy atom. The summed E-state index contributed by atoms with van der Waals surface area (Å²) in [6.45, 7) is 2.26. The summed E-state index contributed by atoms with van der Waals surface area (Å²) in [6, 6.07) is -1.53. The summed E-state index contributed by atoms with van der Waals surface area (Å²) in [5.41, 5.74) is 0. The highest BCUT2D eigenvalue weighted by Crippen LogP contribution is 2.46. The third-order valence-corrected chi connectivity index (χ3v) is 7.97. The number of carboxylic acid groups (broad SMARTS) is 1. The Morgan fingerprint density at radius 3 is 2.73 bits per heavy atom. The summed E-state index contributed by atoms with van der Waals surface area (Å²) >= 11 is 0. The molecule has 3 atom stereocenters. The summed E-state index contributed by atoms with van der Waals surface area (Å²) in [5, 5.41) is 14.9. The van der Waals surface area contributed by atoms with Gasteiger partial charge in [0.2, 0.25) is 5.91 Å². The highest BCUT2D eigenvalue weighted by molar-refractivity contribution is 7.93. The van der Waals surface area contributed by atoms with Gasteiger partial charge in [-0.05, 0) is 13.8 Å². The van der Waals surface area contributed by atoms with E-state index < -0.39 is 49.8 Å². The third kappa shape index (κ3) is 3.51. The van der Waals surface area contributed by atoms with E-state index in [1.165, 1.54) is 28.7 Å². The van der Waals surface area contributed by atoms with Crippen LogP contribution in [0.25, 0.3) is 0 Å². The van der Waals surface area contributed by atoms with Gasteiger partial charge in [0.1, 0.15) is 23.2 Å². The standard InChI is InChI=1S/C16H21N5O8S/c1-3-29-13(24)7-17-10(22)8-19-4-5-20(18-19)9-16(2)14(15(25)26)21-11(23)6-12(21)30(16,27)28/h4-5,12,14H,3,6-9H2,1-2H3,(H-,17,22,25,26)/p+1/t12-,14+,16+/m1/s1. The maximum Gasteiger partial charge on any atom is 0.328 e. The Morgan fingerprint density at radius 2 is 2.13 bits per heavy atom. The molecule has 0 unspecified atom stereocenters. The number of hydrogen-bond donors (Lipinski definition) is 2. The zero-order valence-corrected chi connectivity index (χ0v) is 17.2. The van der Waals surface area contributed by atoms with Gasteiger partial charge in [-0.2, -0.15) is 0 Å². The van der Waals surface area contributed by atoms with Gasteiger partial charge >= 0.3 is 11.9 Å². The van der Waals surface area contributed by atoms with E-state index >= 15 is 0 Å². The molecule has 3 rings (SSSR count). The van der Waals surface area contributed by atoms with Crippen LogP contribution in [-0.2, 0) is 46.8 Å². The lowest BCUT2D eigenvalue weighted by Crippen LogP contribution is -2.58. The average molecular weight is 444 g/mol. The van der Waals surface area contributed by atoms with Gasteiger partial charge in [-0.3, -0.25) is 14.4 Å². The molecule has 0 aromatic carbocycles. The molecular weight excluding hydrogens is 422 g/mol. The number of sulfone groups is 1. The van der Waals surface area contributed by atoms with Crippen molar-refractivity contribution in [1.29, 1.82) is 0 Å². The molecule has 13 nitrogen and oxygen atoms in total. The average Bonchev–Trinajstić information content (AvgIpc) is 3.12. The quantitative estimate of drug-likeness (QED) is 0.242. The molecule has 0 aliphatic carbocycles. The fourth-order valence-electron chi connectivity index (χ4n) is 3.73. The number of β-lactam (4-membered cyclic amide) rings is 1. The number of amides is 2. The largest absolute Gasteiger partial charge is 0.480 e. The molecule has 2 amide bonds. The predicted octanol–water partition coefficient (Wildman–Crippen LogP) is -2.95. The van der Waals surface area contributed by atoms with Gasteiger partial charge in [0.15, 0.2) is 34.8 Å². The molecule has 14 heteroatoms. The van der Waals surface area contributed by atoms with E-state index in [9.17, 15) is 32.7 Å². The fraction of sp³-hybridized carbons (Fsp3) is 0.625. The fourth-order valence-corrected chi connectivity index (χ4v) is 6.08. The predicted molar refractivity (Wildman–Crippen MR) is 96.1 cm³/mol. The molecule has 0 spiro atoms. The van der Waals surface area contributed by atoms with Crippen LogP contribution in [0.4, 0.5) is 0 Å². The molecule has 1 aromatic rings. The highest BCUT2D eigenvalue weighted by atomic mass is 32.2. The van der Waals surface area contributed by atoms with Crippen molar-refractivity contribution in [1.82, 2.24) is 20.1 Å². The van der Waals surface area contributed by atoms with Crippen molar-refractivity contribution >= 4 is 33.6 Å². The number of aromatic nitrogens is 3. The maximum atomic E-state index is 12.9. The van der Waals surface area contributed by atoms with Gasteiger partial charge < -0.3 is 20.1 Å². The molecule has 0 radical (unpaired) electrons.